The molecular formula is C18H22O4. The second-order valence-electron chi connectivity index (χ2n) is 4.25. The van der Waals surface area contributed by atoms with E-state index in [1.807, 2.05) is 43.4 Å². The van der Waals surface area contributed by atoms with Crippen molar-refractivity contribution in [2.45, 2.75) is 13.8 Å². The third-order valence-corrected chi connectivity index (χ3v) is 2.68. The number of hydrogen-bond donors (Lipinski definition) is 0. The number of rotatable bonds is 8. The second kappa shape index (κ2) is 10.3. The fraction of sp³-hybridized carbons (Fsp3) is 0.278. The zero-order valence-corrected chi connectivity index (χ0v) is 13.2. The lowest BCUT2D eigenvalue weighted by atomic mass is 10.1. The van der Waals surface area contributed by atoms with Gasteiger partial charge in [0.2, 0.25) is 0 Å². The topological polar surface area (TPSA) is 44.8 Å². The van der Waals surface area contributed by atoms with Crippen LogP contribution in [-0.4, -0.2) is 26.3 Å². The highest BCUT2D eigenvalue weighted by Crippen LogP contribution is 2.25. The molecule has 0 aliphatic rings. The van der Waals surface area contributed by atoms with E-state index in [0.717, 1.165) is 5.56 Å². The molecule has 0 saturated heterocycles. The highest BCUT2D eigenvalue weighted by molar-refractivity contribution is 5.87. The molecule has 1 rings (SSSR count). The first-order chi connectivity index (χ1) is 10.7. The summed E-state index contributed by atoms with van der Waals surface area (Å²) in [6, 6.07) is 5.43. The SMILES string of the molecule is C/C=C/C=C/COc1ccc(OC)cc1/C=C/C(=O)OCC. The van der Waals surface area contributed by atoms with Crippen molar-refractivity contribution in [1.29, 1.82) is 0 Å². The van der Waals surface area contributed by atoms with E-state index >= 15 is 0 Å². The first-order valence-electron chi connectivity index (χ1n) is 7.14. The van der Waals surface area contributed by atoms with Crippen LogP contribution >= 0.6 is 0 Å². The second-order valence-corrected chi connectivity index (χ2v) is 4.25. The van der Waals surface area contributed by atoms with Crippen molar-refractivity contribution < 1.29 is 19.0 Å². The first-order valence-corrected chi connectivity index (χ1v) is 7.14. The zero-order valence-electron chi connectivity index (χ0n) is 13.2. The maximum atomic E-state index is 11.4. The molecule has 0 aromatic heterocycles. The molecule has 0 atom stereocenters. The summed E-state index contributed by atoms with van der Waals surface area (Å²) in [4.78, 5) is 11.4. The highest BCUT2D eigenvalue weighted by atomic mass is 16.5. The van der Waals surface area contributed by atoms with Gasteiger partial charge in [-0.25, -0.2) is 4.79 Å². The van der Waals surface area contributed by atoms with Crippen LogP contribution in [0.1, 0.15) is 19.4 Å². The Morgan fingerprint density at radius 2 is 2.09 bits per heavy atom. The molecule has 0 saturated carbocycles. The standard InChI is InChI=1S/C18H22O4/c1-4-6-7-8-13-22-17-11-10-16(20-3)14-15(17)9-12-18(19)21-5-2/h4,6-12,14H,5,13H2,1-3H3/b6-4+,8-7+,12-9+. The number of allylic oxidation sites excluding steroid dienone is 3. The van der Waals surface area contributed by atoms with Crippen molar-refractivity contribution in [3.63, 3.8) is 0 Å². The van der Waals surface area contributed by atoms with Gasteiger partial charge in [-0.2, -0.15) is 0 Å². The Hall–Kier alpha value is -2.49. The van der Waals surface area contributed by atoms with E-state index < -0.39 is 0 Å². The van der Waals surface area contributed by atoms with Crippen LogP contribution < -0.4 is 9.47 Å². The Kier molecular flexibility index (Phi) is 8.20. The summed E-state index contributed by atoms with van der Waals surface area (Å²) in [5, 5.41) is 0. The zero-order chi connectivity index (χ0) is 16.2. The molecule has 118 valence electrons. The largest absolute Gasteiger partial charge is 0.497 e. The van der Waals surface area contributed by atoms with Crippen molar-refractivity contribution in [3.8, 4) is 11.5 Å². The Morgan fingerprint density at radius 1 is 1.27 bits per heavy atom. The van der Waals surface area contributed by atoms with Gasteiger partial charge in [0.05, 0.1) is 13.7 Å². The van der Waals surface area contributed by atoms with Gasteiger partial charge in [-0.1, -0.05) is 18.2 Å². The molecule has 0 fully saturated rings. The Balaban J connectivity index is 2.84. The van der Waals surface area contributed by atoms with Crippen LogP contribution in [0.4, 0.5) is 0 Å². The summed E-state index contributed by atoms with van der Waals surface area (Å²) in [6.07, 6.45) is 10.7. The number of benzene rings is 1. The van der Waals surface area contributed by atoms with Gasteiger partial charge in [0.15, 0.2) is 0 Å². The van der Waals surface area contributed by atoms with E-state index in [9.17, 15) is 4.79 Å². The summed E-state index contributed by atoms with van der Waals surface area (Å²) < 4.78 is 15.8. The molecule has 4 nitrogen and oxygen atoms in total. The van der Waals surface area contributed by atoms with Crippen molar-refractivity contribution in [2.75, 3.05) is 20.3 Å². The molecule has 0 bridgehead atoms. The molecule has 0 unspecified atom stereocenters. The molecule has 0 radical (unpaired) electrons. The van der Waals surface area contributed by atoms with Gasteiger partial charge < -0.3 is 14.2 Å². The fourth-order valence-corrected chi connectivity index (χ4v) is 1.65. The summed E-state index contributed by atoms with van der Waals surface area (Å²) in [5.41, 5.74) is 0.756. The van der Waals surface area contributed by atoms with Gasteiger partial charge in [-0.05, 0) is 44.2 Å². The summed E-state index contributed by atoms with van der Waals surface area (Å²) >= 11 is 0. The predicted molar refractivity (Wildman–Crippen MR) is 88.1 cm³/mol. The number of carbonyl (C=O) groups is 1. The molecule has 0 aliphatic carbocycles. The van der Waals surface area contributed by atoms with Crippen molar-refractivity contribution in [2.24, 2.45) is 0 Å². The van der Waals surface area contributed by atoms with Gasteiger partial charge in [-0.3, -0.25) is 0 Å². The Labute approximate surface area is 131 Å². The molecular weight excluding hydrogens is 280 g/mol. The summed E-state index contributed by atoms with van der Waals surface area (Å²) in [7, 11) is 1.59. The molecule has 1 aromatic carbocycles. The fourth-order valence-electron chi connectivity index (χ4n) is 1.65. The van der Waals surface area contributed by atoms with Crippen LogP contribution in [-0.2, 0) is 9.53 Å². The summed E-state index contributed by atoms with van der Waals surface area (Å²) in [5.74, 6) is 0.982. The van der Waals surface area contributed by atoms with E-state index in [2.05, 4.69) is 0 Å². The van der Waals surface area contributed by atoms with E-state index in [4.69, 9.17) is 14.2 Å². The number of esters is 1. The molecule has 0 spiro atoms. The van der Waals surface area contributed by atoms with Gasteiger partial charge >= 0.3 is 5.97 Å². The van der Waals surface area contributed by atoms with Gasteiger partial charge in [0.1, 0.15) is 18.1 Å². The lowest BCUT2D eigenvalue weighted by Gasteiger charge is -2.09. The molecule has 0 aliphatic heterocycles. The first kappa shape index (κ1) is 17.6. The van der Waals surface area contributed by atoms with E-state index in [1.54, 1.807) is 26.2 Å². The molecule has 0 amide bonds. The third-order valence-electron chi connectivity index (χ3n) is 2.68. The number of methoxy groups -OCH3 is 1. The van der Waals surface area contributed by atoms with Gasteiger partial charge in [0.25, 0.3) is 0 Å². The van der Waals surface area contributed by atoms with E-state index in [0.29, 0.717) is 24.7 Å². The third kappa shape index (κ3) is 6.31. The Morgan fingerprint density at radius 3 is 2.77 bits per heavy atom. The quantitative estimate of drug-likeness (QED) is 0.416. The van der Waals surface area contributed by atoms with Gasteiger partial charge in [-0.15, -0.1) is 0 Å². The number of carbonyl (C=O) groups excluding carboxylic acids is 1. The summed E-state index contributed by atoms with van der Waals surface area (Å²) in [6.45, 7) is 4.51. The molecule has 0 N–H and O–H groups in total. The molecule has 0 heterocycles. The maximum absolute atomic E-state index is 11.4. The van der Waals surface area contributed by atoms with Crippen LogP contribution in [0.5, 0.6) is 11.5 Å². The van der Waals surface area contributed by atoms with E-state index in [1.165, 1.54) is 6.08 Å². The number of ether oxygens (including phenoxy) is 3. The van der Waals surface area contributed by atoms with Crippen molar-refractivity contribution in [3.05, 3.63) is 54.1 Å². The normalized spacial score (nSPS) is 11.4. The van der Waals surface area contributed by atoms with Crippen LogP contribution in [0, 0.1) is 0 Å². The predicted octanol–water partition coefficient (Wildman–Crippen LogP) is 3.78. The lowest BCUT2D eigenvalue weighted by molar-refractivity contribution is -0.137. The van der Waals surface area contributed by atoms with Crippen molar-refractivity contribution >= 4 is 12.0 Å². The smallest absolute Gasteiger partial charge is 0.330 e. The van der Waals surface area contributed by atoms with E-state index in [-0.39, 0.29) is 5.97 Å². The monoisotopic (exact) mass is 302 g/mol. The lowest BCUT2D eigenvalue weighted by Crippen LogP contribution is -1.99. The van der Waals surface area contributed by atoms with Crippen LogP contribution in [0.25, 0.3) is 6.08 Å². The average molecular weight is 302 g/mol. The van der Waals surface area contributed by atoms with Crippen LogP contribution in [0.3, 0.4) is 0 Å². The molecule has 1 aromatic rings. The number of hydrogen-bond acceptors (Lipinski definition) is 4. The minimum atomic E-state index is -0.385. The minimum Gasteiger partial charge on any atom is -0.497 e. The average Bonchev–Trinajstić information content (AvgIpc) is 2.53. The van der Waals surface area contributed by atoms with Crippen molar-refractivity contribution in [1.82, 2.24) is 0 Å². The molecule has 4 heteroatoms. The van der Waals surface area contributed by atoms with Gasteiger partial charge in [0, 0.05) is 11.6 Å². The molecule has 22 heavy (non-hydrogen) atoms. The van der Waals surface area contributed by atoms with Crippen LogP contribution in [0.15, 0.2) is 48.6 Å². The minimum absolute atomic E-state index is 0.348. The maximum Gasteiger partial charge on any atom is 0.330 e. The highest BCUT2D eigenvalue weighted by Gasteiger charge is 2.04. The Bertz CT molecular complexity index is 556. The van der Waals surface area contributed by atoms with Crippen LogP contribution in [0.2, 0.25) is 0 Å².